The van der Waals surface area contributed by atoms with Gasteiger partial charge in [0.1, 0.15) is 0 Å². The van der Waals surface area contributed by atoms with Gasteiger partial charge in [0.15, 0.2) is 0 Å². The molecule has 3 rings (SSSR count). The van der Waals surface area contributed by atoms with Crippen LogP contribution in [-0.2, 0) is 11.2 Å². The Balaban J connectivity index is 1.92. The molecule has 0 aromatic heterocycles. The van der Waals surface area contributed by atoms with Gasteiger partial charge in [0.2, 0.25) is 5.91 Å². The highest BCUT2D eigenvalue weighted by Gasteiger charge is 2.31. The summed E-state index contributed by atoms with van der Waals surface area (Å²) in [5, 5.41) is 1.98. The fourth-order valence-electron chi connectivity index (χ4n) is 2.72. The molecule has 0 radical (unpaired) electrons. The molecule has 0 N–H and O–H groups in total. The Kier molecular flexibility index (Phi) is 4.74. The number of carbonyl (C=O) groups excluding carboxylic acids is 2. The molecule has 0 atom stereocenters. The van der Waals surface area contributed by atoms with Crippen molar-refractivity contribution in [2.24, 2.45) is 0 Å². The first-order chi connectivity index (χ1) is 10.7. The molecule has 114 valence electrons. The minimum atomic E-state index is -0.148. The number of rotatable bonds is 5. The van der Waals surface area contributed by atoms with Crippen LogP contribution in [0.15, 0.2) is 36.4 Å². The van der Waals surface area contributed by atoms with Crippen LogP contribution in [0.5, 0.6) is 0 Å². The molecular weight excluding hydrogens is 314 g/mol. The van der Waals surface area contributed by atoms with Crippen LogP contribution in [0.25, 0.3) is 10.8 Å². The normalized spacial score (nSPS) is 14.5. The van der Waals surface area contributed by atoms with Gasteiger partial charge in [-0.3, -0.25) is 14.5 Å². The van der Waals surface area contributed by atoms with Gasteiger partial charge in [0.05, 0.1) is 12.0 Å². The molecule has 2 aromatic rings. The van der Waals surface area contributed by atoms with Crippen molar-refractivity contribution >= 4 is 44.2 Å². The lowest BCUT2D eigenvalue weighted by Crippen LogP contribution is -2.43. The maximum Gasteiger partial charge on any atom is 0.261 e. The molecule has 0 unspecified atom stereocenters. The van der Waals surface area contributed by atoms with E-state index >= 15 is 0 Å². The maximum atomic E-state index is 12.8. The van der Waals surface area contributed by atoms with Crippen LogP contribution in [0, 0.1) is 0 Å². The molecule has 5 heteroatoms. The summed E-state index contributed by atoms with van der Waals surface area (Å²) in [6.45, 7) is 2.58. The first kappa shape index (κ1) is 15.4. The second-order valence-electron chi connectivity index (χ2n) is 5.08. The van der Waals surface area contributed by atoms with Crippen LogP contribution >= 0.6 is 21.6 Å². The van der Waals surface area contributed by atoms with Crippen molar-refractivity contribution in [3.05, 3.63) is 47.5 Å². The minimum Gasteiger partial charge on any atom is -0.277 e. The lowest BCUT2D eigenvalue weighted by molar-refractivity contribution is -0.128. The highest BCUT2D eigenvalue weighted by molar-refractivity contribution is 8.76. The van der Waals surface area contributed by atoms with E-state index in [1.54, 1.807) is 21.6 Å². The Morgan fingerprint density at radius 2 is 1.91 bits per heavy atom. The van der Waals surface area contributed by atoms with Crippen molar-refractivity contribution in [2.45, 2.75) is 13.3 Å². The zero-order chi connectivity index (χ0) is 15.5. The average molecular weight is 331 g/mol. The monoisotopic (exact) mass is 331 g/mol. The van der Waals surface area contributed by atoms with Gasteiger partial charge in [-0.25, -0.2) is 0 Å². The quantitative estimate of drug-likeness (QED) is 0.475. The standard InChI is InChI=1S/C17H17NO2S2/c1-2-21-22-10-9-18-15(19)11-13-8-7-12-5-3-4-6-14(12)16(13)17(18)20/h3-8H,2,9-11H2,1H3. The summed E-state index contributed by atoms with van der Waals surface area (Å²) in [5.41, 5.74) is 1.55. The van der Waals surface area contributed by atoms with Crippen molar-refractivity contribution in [1.29, 1.82) is 0 Å². The molecule has 1 aliphatic heterocycles. The summed E-state index contributed by atoms with van der Waals surface area (Å²) in [4.78, 5) is 26.5. The Morgan fingerprint density at radius 1 is 1.09 bits per heavy atom. The van der Waals surface area contributed by atoms with E-state index in [4.69, 9.17) is 0 Å². The van der Waals surface area contributed by atoms with Gasteiger partial charge in [-0.05, 0) is 16.3 Å². The van der Waals surface area contributed by atoms with E-state index in [2.05, 4.69) is 6.92 Å². The number of hydrogen-bond acceptors (Lipinski definition) is 4. The number of carbonyl (C=O) groups is 2. The van der Waals surface area contributed by atoms with Gasteiger partial charge in [0, 0.05) is 18.1 Å². The van der Waals surface area contributed by atoms with Crippen molar-refractivity contribution < 1.29 is 9.59 Å². The molecule has 1 heterocycles. The van der Waals surface area contributed by atoms with E-state index in [0.717, 1.165) is 27.8 Å². The summed E-state index contributed by atoms with van der Waals surface area (Å²) in [6.07, 6.45) is 0.317. The number of imide groups is 1. The van der Waals surface area contributed by atoms with Gasteiger partial charge in [-0.1, -0.05) is 64.9 Å². The predicted octanol–water partition coefficient (Wildman–Crippen LogP) is 3.77. The first-order valence-corrected chi connectivity index (χ1v) is 9.81. The smallest absolute Gasteiger partial charge is 0.261 e. The van der Waals surface area contributed by atoms with Gasteiger partial charge >= 0.3 is 0 Å². The Hall–Kier alpha value is -1.46. The molecule has 0 spiro atoms. The van der Waals surface area contributed by atoms with E-state index in [1.807, 2.05) is 36.4 Å². The van der Waals surface area contributed by atoms with Crippen LogP contribution in [-0.4, -0.2) is 34.8 Å². The highest BCUT2D eigenvalue weighted by Crippen LogP contribution is 2.29. The third kappa shape index (κ3) is 2.88. The Labute approximate surface area is 137 Å². The minimum absolute atomic E-state index is 0.0881. The fourth-order valence-corrected chi connectivity index (χ4v) is 4.34. The van der Waals surface area contributed by atoms with Crippen molar-refractivity contribution in [3.63, 3.8) is 0 Å². The second kappa shape index (κ2) is 6.75. The summed E-state index contributed by atoms with van der Waals surface area (Å²) in [6, 6.07) is 11.7. The van der Waals surface area contributed by atoms with Gasteiger partial charge in [0.25, 0.3) is 5.91 Å². The Morgan fingerprint density at radius 3 is 2.73 bits per heavy atom. The molecule has 1 aliphatic rings. The zero-order valence-corrected chi connectivity index (χ0v) is 14.0. The number of benzene rings is 2. The summed E-state index contributed by atoms with van der Waals surface area (Å²) < 4.78 is 0. The highest BCUT2D eigenvalue weighted by atomic mass is 33.1. The lowest BCUT2D eigenvalue weighted by Gasteiger charge is -2.27. The lowest BCUT2D eigenvalue weighted by atomic mass is 9.93. The summed E-state index contributed by atoms with van der Waals surface area (Å²) in [5.74, 6) is 1.57. The number of fused-ring (bicyclic) bond motifs is 3. The largest absolute Gasteiger partial charge is 0.277 e. The molecule has 0 fully saturated rings. The number of amides is 2. The fraction of sp³-hybridized carbons (Fsp3) is 0.294. The molecule has 2 aromatic carbocycles. The summed E-state index contributed by atoms with van der Waals surface area (Å²) in [7, 11) is 3.46. The molecule has 0 saturated heterocycles. The van der Waals surface area contributed by atoms with Gasteiger partial charge < -0.3 is 0 Å². The predicted molar refractivity (Wildman–Crippen MR) is 94.3 cm³/mol. The SMILES string of the molecule is CCSSCCN1C(=O)Cc2ccc3ccccc3c2C1=O. The summed E-state index contributed by atoms with van der Waals surface area (Å²) >= 11 is 0. The molecular formula is C17H17NO2S2. The van der Waals surface area contributed by atoms with Crippen LogP contribution in [0.3, 0.4) is 0 Å². The van der Waals surface area contributed by atoms with Gasteiger partial charge in [-0.2, -0.15) is 0 Å². The van der Waals surface area contributed by atoms with Crippen LogP contribution in [0.1, 0.15) is 22.8 Å². The third-order valence-electron chi connectivity index (χ3n) is 3.72. The molecule has 0 aliphatic carbocycles. The van der Waals surface area contributed by atoms with E-state index < -0.39 is 0 Å². The van der Waals surface area contributed by atoms with Gasteiger partial charge in [-0.15, -0.1) is 0 Å². The van der Waals surface area contributed by atoms with E-state index in [0.29, 0.717) is 18.5 Å². The van der Waals surface area contributed by atoms with Crippen molar-refractivity contribution in [2.75, 3.05) is 18.1 Å². The first-order valence-electron chi connectivity index (χ1n) is 7.32. The molecule has 0 saturated carbocycles. The average Bonchev–Trinajstić information content (AvgIpc) is 2.53. The Bertz CT molecular complexity index is 730. The third-order valence-corrected chi connectivity index (χ3v) is 6.18. The molecule has 2 amide bonds. The number of hydrogen-bond donors (Lipinski definition) is 0. The van der Waals surface area contributed by atoms with Crippen LogP contribution < -0.4 is 0 Å². The number of nitrogens with zero attached hydrogens (tertiary/aromatic N) is 1. The second-order valence-corrected chi connectivity index (χ2v) is 7.95. The van der Waals surface area contributed by atoms with Crippen molar-refractivity contribution in [3.8, 4) is 0 Å². The molecule has 22 heavy (non-hydrogen) atoms. The van der Waals surface area contributed by atoms with E-state index in [9.17, 15) is 9.59 Å². The topological polar surface area (TPSA) is 37.4 Å². The molecule has 0 bridgehead atoms. The van der Waals surface area contributed by atoms with Crippen molar-refractivity contribution in [1.82, 2.24) is 4.90 Å². The zero-order valence-electron chi connectivity index (χ0n) is 12.4. The van der Waals surface area contributed by atoms with Crippen LogP contribution in [0.4, 0.5) is 0 Å². The van der Waals surface area contributed by atoms with E-state index in [1.165, 1.54) is 4.90 Å². The van der Waals surface area contributed by atoms with E-state index in [-0.39, 0.29) is 11.8 Å². The maximum absolute atomic E-state index is 12.8. The molecule has 3 nitrogen and oxygen atoms in total. The van der Waals surface area contributed by atoms with Crippen LogP contribution in [0.2, 0.25) is 0 Å².